The maximum atomic E-state index is 14.2. The molecule has 1 aliphatic carbocycles. The van der Waals surface area contributed by atoms with Gasteiger partial charge in [0.2, 0.25) is 35.4 Å². The van der Waals surface area contributed by atoms with Crippen molar-refractivity contribution in [1.29, 1.82) is 0 Å². The average molecular weight is 872 g/mol. The first-order valence-electron chi connectivity index (χ1n) is 20.6. The zero-order valence-corrected chi connectivity index (χ0v) is 34.3. The Morgan fingerprint density at radius 2 is 1.24 bits per heavy atom. The standard InChI is InChI=1S/C41H55N7O7.C2HF3O2/c42-23-9-7-16-32-40(54)48-34(25-27-11-3-1-4-12-27)41(55)47-33(26-28-17-19-30(20-18-28)37(51)29-13-5-2-6-14-29)39(53)44-24-10-8-15-31(38(43)52)45-35(49)21-22-36(50)46-32;3-2(4,5)1(6)7/h2,5-6,13-14,17-22,27,31-34H,1,3-4,7-12,15-16,23-26,42H2,(H2,43,52)(H,44,53)(H,45,49)(H,46,50)(H,47,55)(H,48,54);(H,6,7)/t31-,32-,33+,34-;/m0./s1. The van der Waals surface area contributed by atoms with Crippen LogP contribution in [0.4, 0.5) is 13.2 Å². The van der Waals surface area contributed by atoms with Gasteiger partial charge in [0.25, 0.3) is 0 Å². The van der Waals surface area contributed by atoms with E-state index in [1.165, 1.54) is 0 Å². The topological polar surface area (TPSA) is 269 Å². The number of benzene rings is 2. The van der Waals surface area contributed by atoms with Crippen molar-refractivity contribution in [3.05, 3.63) is 83.4 Å². The molecule has 1 saturated carbocycles. The number of nitrogens with two attached hydrogens (primary N) is 2. The van der Waals surface area contributed by atoms with Crippen molar-refractivity contribution in [1.82, 2.24) is 26.6 Å². The molecule has 10 N–H and O–H groups in total. The molecular formula is C43H56F3N7O9. The molecule has 338 valence electrons. The summed E-state index contributed by atoms with van der Waals surface area (Å²) >= 11 is 0. The Morgan fingerprint density at radius 1 is 0.677 bits per heavy atom. The highest BCUT2D eigenvalue weighted by atomic mass is 19.4. The number of amides is 6. The van der Waals surface area contributed by atoms with E-state index in [1.54, 1.807) is 48.5 Å². The molecule has 0 bridgehead atoms. The number of hydrogen-bond acceptors (Lipinski definition) is 9. The van der Waals surface area contributed by atoms with Crippen LogP contribution in [0.2, 0.25) is 0 Å². The van der Waals surface area contributed by atoms with E-state index in [4.69, 9.17) is 21.4 Å². The highest BCUT2D eigenvalue weighted by Gasteiger charge is 2.38. The summed E-state index contributed by atoms with van der Waals surface area (Å²) in [5, 5.41) is 20.9. The molecule has 1 heterocycles. The summed E-state index contributed by atoms with van der Waals surface area (Å²) in [7, 11) is 0. The fourth-order valence-electron chi connectivity index (χ4n) is 6.97. The third-order valence-electron chi connectivity index (χ3n) is 10.3. The number of carboxylic acids is 1. The molecule has 4 atom stereocenters. The average Bonchev–Trinajstić information content (AvgIpc) is 3.24. The van der Waals surface area contributed by atoms with Crippen molar-refractivity contribution in [3.8, 4) is 0 Å². The Bertz CT molecular complexity index is 1870. The van der Waals surface area contributed by atoms with E-state index in [9.17, 15) is 46.7 Å². The Hall–Kier alpha value is -6.11. The van der Waals surface area contributed by atoms with Gasteiger partial charge in [0, 0.05) is 36.2 Å². The van der Waals surface area contributed by atoms with Gasteiger partial charge in [-0.25, -0.2) is 4.79 Å². The van der Waals surface area contributed by atoms with E-state index in [1.807, 2.05) is 6.07 Å². The summed E-state index contributed by atoms with van der Waals surface area (Å²) in [6.45, 7) is 0.591. The van der Waals surface area contributed by atoms with Crippen LogP contribution in [0.1, 0.15) is 98.5 Å². The molecule has 19 heteroatoms. The van der Waals surface area contributed by atoms with Crippen LogP contribution in [0.5, 0.6) is 0 Å². The number of rotatable bonds is 11. The van der Waals surface area contributed by atoms with Gasteiger partial charge in [-0.3, -0.25) is 33.6 Å². The number of primary amides is 1. The van der Waals surface area contributed by atoms with Crippen LogP contribution >= 0.6 is 0 Å². The zero-order chi connectivity index (χ0) is 45.7. The number of aliphatic carboxylic acids is 1. The molecule has 2 aromatic rings. The normalized spacial score (nSPS) is 21.4. The van der Waals surface area contributed by atoms with Crippen LogP contribution in [-0.4, -0.2) is 95.7 Å². The molecule has 0 saturated heterocycles. The zero-order valence-electron chi connectivity index (χ0n) is 34.3. The van der Waals surface area contributed by atoms with Gasteiger partial charge in [0.1, 0.15) is 24.2 Å². The molecule has 0 aromatic heterocycles. The highest BCUT2D eigenvalue weighted by molar-refractivity contribution is 6.09. The molecule has 2 aliphatic rings. The Morgan fingerprint density at radius 3 is 1.84 bits per heavy atom. The minimum absolute atomic E-state index is 0.0986. The largest absolute Gasteiger partial charge is 0.490 e. The summed E-state index contributed by atoms with van der Waals surface area (Å²) in [6, 6.07) is 11.7. The van der Waals surface area contributed by atoms with Crippen molar-refractivity contribution in [3.63, 3.8) is 0 Å². The number of halogens is 3. The van der Waals surface area contributed by atoms with Gasteiger partial charge >= 0.3 is 12.1 Å². The van der Waals surface area contributed by atoms with Crippen LogP contribution in [0, 0.1) is 5.92 Å². The first-order chi connectivity index (χ1) is 29.5. The van der Waals surface area contributed by atoms with Gasteiger partial charge in [0.05, 0.1) is 0 Å². The smallest absolute Gasteiger partial charge is 0.475 e. The van der Waals surface area contributed by atoms with E-state index < -0.39 is 71.8 Å². The number of ketones is 1. The predicted molar refractivity (Wildman–Crippen MR) is 221 cm³/mol. The number of carbonyl (C=O) groups excluding carboxylic acids is 7. The molecule has 62 heavy (non-hydrogen) atoms. The van der Waals surface area contributed by atoms with Crippen LogP contribution in [-0.2, 0) is 40.0 Å². The highest BCUT2D eigenvalue weighted by Crippen LogP contribution is 2.27. The summed E-state index contributed by atoms with van der Waals surface area (Å²) < 4.78 is 31.7. The van der Waals surface area contributed by atoms with Crippen molar-refractivity contribution >= 4 is 47.2 Å². The summed E-state index contributed by atoms with van der Waals surface area (Å²) in [5.74, 6) is -6.47. The van der Waals surface area contributed by atoms with Crippen molar-refractivity contribution in [2.75, 3.05) is 13.1 Å². The molecule has 1 aliphatic heterocycles. The van der Waals surface area contributed by atoms with E-state index in [0.29, 0.717) is 55.3 Å². The van der Waals surface area contributed by atoms with Crippen LogP contribution in [0.3, 0.4) is 0 Å². The summed E-state index contributed by atoms with van der Waals surface area (Å²) in [6.07, 6.45) is 4.62. The third-order valence-corrected chi connectivity index (χ3v) is 10.3. The lowest BCUT2D eigenvalue weighted by Crippen LogP contribution is -2.57. The molecule has 2 aromatic carbocycles. The van der Waals surface area contributed by atoms with Gasteiger partial charge in [-0.05, 0) is 63.0 Å². The van der Waals surface area contributed by atoms with Gasteiger partial charge < -0.3 is 43.2 Å². The van der Waals surface area contributed by atoms with E-state index in [-0.39, 0.29) is 37.5 Å². The van der Waals surface area contributed by atoms with Crippen molar-refractivity contribution < 1.29 is 56.6 Å². The lowest BCUT2D eigenvalue weighted by atomic mass is 9.84. The number of unbranched alkanes of at least 4 members (excludes halogenated alkanes) is 1. The molecule has 6 amide bonds. The van der Waals surface area contributed by atoms with E-state index in [0.717, 1.165) is 44.3 Å². The minimum Gasteiger partial charge on any atom is -0.475 e. The molecule has 4 rings (SSSR count). The van der Waals surface area contributed by atoms with Crippen LogP contribution in [0.25, 0.3) is 0 Å². The fraction of sp³-hybridized carbons (Fsp3) is 0.488. The van der Waals surface area contributed by atoms with E-state index in [2.05, 4.69) is 26.6 Å². The second-order valence-electron chi connectivity index (χ2n) is 15.2. The maximum Gasteiger partial charge on any atom is 0.490 e. The van der Waals surface area contributed by atoms with Crippen molar-refractivity contribution in [2.24, 2.45) is 17.4 Å². The third kappa shape index (κ3) is 17.9. The van der Waals surface area contributed by atoms with Gasteiger partial charge in [-0.2, -0.15) is 13.2 Å². The quantitative estimate of drug-likeness (QED) is 0.121. The maximum absolute atomic E-state index is 14.2. The van der Waals surface area contributed by atoms with Gasteiger partial charge in [-0.1, -0.05) is 86.7 Å². The minimum atomic E-state index is -5.08. The lowest BCUT2D eigenvalue weighted by Gasteiger charge is -2.29. The van der Waals surface area contributed by atoms with Gasteiger partial charge in [0.15, 0.2) is 5.78 Å². The number of hydrogen-bond donors (Lipinski definition) is 8. The van der Waals surface area contributed by atoms with Crippen molar-refractivity contribution in [2.45, 2.75) is 114 Å². The lowest BCUT2D eigenvalue weighted by molar-refractivity contribution is -0.192. The van der Waals surface area contributed by atoms with Gasteiger partial charge in [-0.15, -0.1) is 0 Å². The molecule has 0 spiro atoms. The molecule has 0 radical (unpaired) electrons. The van der Waals surface area contributed by atoms with Crippen LogP contribution < -0.4 is 38.1 Å². The van der Waals surface area contributed by atoms with E-state index >= 15 is 0 Å². The molecule has 16 nitrogen and oxygen atoms in total. The first-order valence-corrected chi connectivity index (χ1v) is 20.6. The number of alkyl halides is 3. The number of carboxylic acid groups (broad SMARTS) is 1. The Labute approximate surface area is 357 Å². The van der Waals surface area contributed by atoms with Crippen LogP contribution in [0.15, 0.2) is 66.7 Å². The summed E-state index contributed by atoms with van der Waals surface area (Å²) in [4.78, 5) is 101. The molecular weight excluding hydrogens is 816 g/mol. The fourth-order valence-corrected chi connectivity index (χ4v) is 6.97. The predicted octanol–water partition coefficient (Wildman–Crippen LogP) is 2.47. The second kappa shape index (κ2) is 25.6. The summed E-state index contributed by atoms with van der Waals surface area (Å²) in [5.41, 5.74) is 12.9. The second-order valence-corrected chi connectivity index (χ2v) is 15.2. The molecule has 0 unspecified atom stereocenters. The first kappa shape index (κ1) is 50.2. The Balaban J connectivity index is 0.00000134. The SMILES string of the molecule is NCCCC[C@@H]1NC(=O)C=CC(=O)N[C@H](C(N)=O)CCCCNC(=O)[C@@H](Cc2ccc(C(=O)c3ccccc3)cc2)NC(=O)[C@H](CC2CCCCC2)NC1=O.O=C(O)C(F)(F)F. The molecule has 1 fully saturated rings. The monoisotopic (exact) mass is 871 g/mol. The Kier molecular flexibility index (Phi) is 20.8. The number of carbonyl (C=O) groups is 8. The number of nitrogens with one attached hydrogen (secondary N) is 5.